The number of furan rings is 1. The predicted molar refractivity (Wildman–Crippen MR) is 76.5 cm³/mol. The van der Waals surface area contributed by atoms with E-state index in [4.69, 9.17) is 8.94 Å². The molecule has 1 amide bonds. The number of aryl methyl sites for hydroxylation is 1. The number of halogens is 1. The molecule has 1 N–H and O–H groups in total. The molecule has 3 aromatic rings. The summed E-state index contributed by atoms with van der Waals surface area (Å²) in [5.74, 6) is 0.117. The lowest BCUT2D eigenvalue weighted by Gasteiger charge is -2.04. The highest BCUT2D eigenvalue weighted by Crippen LogP contribution is 2.26. The Kier molecular flexibility index (Phi) is 3.74. The third-order valence-electron chi connectivity index (χ3n) is 3.18. The van der Waals surface area contributed by atoms with Crippen LogP contribution in [0.15, 0.2) is 51.6 Å². The molecule has 2 heterocycles. The molecule has 0 bridgehead atoms. The lowest BCUT2D eigenvalue weighted by Crippen LogP contribution is -2.23. The number of hydrogen-bond donors (Lipinski definition) is 1. The molecule has 6 heteroatoms. The number of benzene rings is 1. The molecule has 112 valence electrons. The van der Waals surface area contributed by atoms with Crippen molar-refractivity contribution in [1.82, 2.24) is 10.5 Å². The van der Waals surface area contributed by atoms with Gasteiger partial charge in [0, 0.05) is 5.56 Å². The van der Waals surface area contributed by atoms with Crippen molar-refractivity contribution in [3.63, 3.8) is 0 Å². The van der Waals surface area contributed by atoms with Crippen LogP contribution in [0.3, 0.4) is 0 Å². The number of carbonyl (C=O) groups is 1. The molecule has 0 aliphatic heterocycles. The molecule has 0 saturated heterocycles. The Morgan fingerprint density at radius 3 is 2.91 bits per heavy atom. The van der Waals surface area contributed by atoms with E-state index in [1.807, 2.05) is 0 Å². The highest BCUT2D eigenvalue weighted by Gasteiger charge is 2.22. The Morgan fingerprint density at radius 2 is 2.18 bits per heavy atom. The minimum Gasteiger partial charge on any atom is -0.467 e. The molecule has 0 radical (unpaired) electrons. The van der Waals surface area contributed by atoms with Crippen LogP contribution in [0, 0.1) is 12.7 Å². The smallest absolute Gasteiger partial charge is 0.257 e. The highest BCUT2D eigenvalue weighted by molar-refractivity contribution is 6.00. The Hall–Kier alpha value is -2.89. The molecule has 3 rings (SSSR count). The average Bonchev–Trinajstić information content (AvgIpc) is 3.14. The Balaban J connectivity index is 1.87. The lowest BCUT2D eigenvalue weighted by atomic mass is 10.1. The number of carbonyl (C=O) groups excluding carboxylic acids is 1. The predicted octanol–water partition coefficient (Wildman–Crippen LogP) is 3.31. The highest BCUT2D eigenvalue weighted by atomic mass is 19.1. The van der Waals surface area contributed by atoms with Gasteiger partial charge in [-0.3, -0.25) is 4.79 Å². The van der Waals surface area contributed by atoms with Gasteiger partial charge in [0.1, 0.15) is 17.1 Å². The summed E-state index contributed by atoms with van der Waals surface area (Å²) in [6.45, 7) is 1.91. The first-order valence-electron chi connectivity index (χ1n) is 6.68. The van der Waals surface area contributed by atoms with Crippen molar-refractivity contribution in [3.05, 3.63) is 65.5 Å². The van der Waals surface area contributed by atoms with Gasteiger partial charge in [0.05, 0.1) is 18.5 Å². The fourth-order valence-electron chi connectivity index (χ4n) is 2.13. The molecule has 22 heavy (non-hydrogen) atoms. The van der Waals surface area contributed by atoms with Crippen LogP contribution in [0.5, 0.6) is 0 Å². The van der Waals surface area contributed by atoms with E-state index in [1.165, 1.54) is 18.4 Å². The molecule has 0 aliphatic carbocycles. The van der Waals surface area contributed by atoms with Gasteiger partial charge < -0.3 is 14.3 Å². The van der Waals surface area contributed by atoms with E-state index in [9.17, 15) is 9.18 Å². The van der Waals surface area contributed by atoms with Crippen molar-refractivity contribution >= 4 is 5.91 Å². The topological polar surface area (TPSA) is 68.3 Å². The van der Waals surface area contributed by atoms with Crippen LogP contribution in [0.2, 0.25) is 0 Å². The Labute approximate surface area is 125 Å². The number of nitrogens with one attached hydrogen (secondary N) is 1. The van der Waals surface area contributed by atoms with Crippen molar-refractivity contribution in [2.75, 3.05) is 0 Å². The summed E-state index contributed by atoms with van der Waals surface area (Å²) in [5.41, 5.74) is 1.19. The van der Waals surface area contributed by atoms with E-state index in [0.29, 0.717) is 17.0 Å². The summed E-state index contributed by atoms with van der Waals surface area (Å²) in [4.78, 5) is 12.4. The maximum absolute atomic E-state index is 13.4. The molecule has 0 unspecified atom stereocenters. The summed E-state index contributed by atoms with van der Waals surface area (Å²) < 4.78 is 23.7. The largest absolute Gasteiger partial charge is 0.467 e. The van der Waals surface area contributed by atoms with Gasteiger partial charge in [0.25, 0.3) is 5.91 Å². The third-order valence-corrected chi connectivity index (χ3v) is 3.18. The Morgan fingerprint density at radius 1 is 1.32 bits per heavy atom. The number of aromatic nitrogens is 1. The first kappa shape index (κ1) is 14.1. The van der Waals surface area contributed by atoms with E-state index in [0.717, 1.165) is 0 Å². The lowest BCUT2D eigenvalue weighted by molar-refractivity contribution is 0.0947. The summed E-state index contributed by atoms with van der Waals surface area (Å²) in [5, 5.41) is 6.53. The van der Waals surface area contributed by atoms with Gasteiger partial charge in [-0.1, -0.05) is 17.3 Å². The molecule has 2 aromatic heterocycles. The molecule has 0 spiro atoms. The molecule has 1 aromatic carbocycles. The minimum atomic E-state index is -0.409. The second-order valence-electron chi connectivity index (χ2n) is 4.74. The van der Waals surface area contributed by atoms with Gasteiger partial charge in [0.15, 0.2) is 5.76 Å². The quantitative estimate of drug-likeness (QED) is 0.802. The fourth-order valence-corrected chi connectivity index (χ4v) is 2.13. The summed E-state index contributed by atoms with van der Waals surface area (Å²) in [7, 11) is 0. The van der Waals surface area contributed by atoms with Gasteiger partial charge in [-0.05, 0) is 31.2 Å². The second kappa shape index (κ2) is 5.85. The molecule has 0 saturated carbocycles. The van der Waals surface area contributed by atoms with Gasteiger partial charge in [-0.2, -0.15) is 0 Å². The van der Waals surface area contributed by atoms with Gasteiger partial charge >= 0.3 is 0 Å². The molecular weight excluding hydrogens is 287 g/mol. The monoisotopic (exact) mass is 300 g/mol. The van der Waals surface area contributed by atoms with Crippen LogP contribution in [-0.2, 0) is 6.54 Å². The molecule has 0 atom stereocenters. The molecule has 5 nitrogen and oxygen atoms in total. The van der Waals surface area contributed by atoms with Crippen LogP contribution < -0.4 is 5.32 Å². The summed E-state index contributed by atoms with van der Waals surface area (Å²) in [6.07, 6.45) is 1.53. The third kappa shape index (κ3) is 2.76. The van der Waals surface area contributed by atoms with E-state index in [-0.39, 0.29) is 23.8 Å². The van der Waals surface area contributed by atoms with Gasteiger partial charge in [0.2, 0.25) is 0 Å². The zero-order chi connectivity index (χ0) is 15.5. The maximum atomic E-state index is 13.4. The minimum absolute atomic E-state index is 0.244. The van der Waals surface area contributed by atoms with Crippen molar-refractivity contribution in [2.45, 2.75) is 13.5 Å². The van der Waals surface area contributed by atoms with Crippen molar-refractivity contribution in [2.24, 2.45) is 0 Å². The standard InChI is InChI=1S/C16H13FN2O3/c1-10-14(16(20)18-9-13-6-3-7-21-13)15(22-19-10)11-4-2-5-12(17)8-11/h2-8H,9H2,1H3,(H,18,20). The normalized spacial score (nSPS) is 10.6. The van der Waals surface area contributed by atoms with Crippen LogP contribution in [-0.4, -0.2) is 11.1 Å². The SMILES string of the molecule is Cc1noc(-c2cccc(F)c2)c1C(=O)NCc1ccco1. The van der Waals surface area contributed by atoms with Gasteiger partial charge in [-0.15, -0.1) is 0 Å². The van der Waals surface area contributed by atoms with E-state index in [1.54, 1.807) is 31.2 Å². The number of rotatable bonds is 4. The number of nitrogens with zero attached hydrogens (tertiary/aromatic N) is 1. The fraction of sp³-hybridized carbons (Fsp3) is 0.125. The number of amides is 1. The van der Waals surface area contributed by atoms with Crippen molar-refractivity contribution < 1.29 is 18.1 Å². The molecule has 0 aliphatic rings. The second-order valence-corrected chi connectivity index (χ2v) is 4.74. The molecular formula is C16H13FN2O3. The van der Waals surface area contributed by atoms with Crippen LogP contribution in [0.1, 0.15) is 21.8 Å². The van der Waals surface area contributed by atoms with E-state index in [2.05, 4.69) is 10.5 Å². The summed E-state index contributed by atoms with van der Waals surface area (Å²) >= 11 is 0. The zero-order valence-electron chi connectivity index (χ0n) is 11.8. The average molecular weight is 300 g/mol. The first-order valence-corrected chi connectivity index (χ1v) is 6.68. The van der Waals surface area contributed by atoms with Gasteiger partial charge in [-0.25, -0.2) is 4.39 Å². The van der Waals surface area contributed by atoms with Crippen LogP contribution in [0.4, 0.5) is 4.39 Å². The zero-order valence-corrected chi connectivity index (χ0v) is 11.8. The van der Waals surface area contributed by atoms with E-state index >= 15 is 0 Å². The Bertz CT molecular complexity index is 794. The van der Waals surface area contributed by atoms with E-state index < -0.39 is 5.82 Å². The van der Waals surface area contributed by atoms with Crippen LogP contribution in [0.25, 0.3) is 11.3 Å². The molecule has 0 fully saturated rings. The van der Waals surface area contributed by atoms with Crippen molar-refractivity contribution in [3.8, 4) is 11.3 Å². The van der Waals surface area contributed by atoms with Crippen LogP contribution >= 0.6 is 0 Å². The summed E-state index contributed by atoms with van der Waals surface area (Å²) in [6, 6.07) is 9.32. The number of hydrogen-bond acceptors (Lipinski definition) is 4. The maximum Gasteiger partial charge on any atom is 0.257 e. The van der Waals surface area contributed by atoms with Crippen molar-refractivity contribution in [1.29, 1.82) is 0 Å². The first-order chi connectivity index (χ1) is 10.6.